The summed E-state index contributed by atoms with van der Waals surface area (Å²) in [5, 5.41) is 2.66. The number of hydrogen-bond donors (Lipinski definition) is 1. The summed E-state index contributed by atoms with van der Waals surface area (Å²) >= 11 is 3.57. The third kappa shape index (κ3) is 2.04. The van der Waals surface area contributed by atoms with Gasteiger partial charge in [0.15, 0.2) is 0 Å². The fourth-order valence-electron chi connectivity index (χ4n) is 2.78. The Morgan fingerprint density at radius 3 is 2.60 bits per heavy atom. The Morgan fingerprint density at radius 1 is 1.20 bits per heavy atom. The van der Waals surface area contributed by atoms with Gasteiger partial charge in [0.25, 0.3) is 11.7 Å². The van der Waals surface area contributed by atoms with Crippen molar-refractivity contribution in [1.82, 2.24) is 0 Å². The molecule has 20 heavy (non-hydrogen) atoms. The lowest BCUT2D eigenvalue weighted by Gasteiger charge is -2.26. The summed E-state index contributed by atoms with van der Waals surface area (Å²) in [6, 6.07) is 4.36. The van der Waals surface area contributed by atoms with Gasteiger partial charge in [-0.2, -0.15) is 0 Å². The minimum Gasteiger partial charge on any atom is -0.367 e. The normalized spacial score (nSPS) is 20.9. The molecule has 4 rings (SSSR count). The standard InChI is InChI=1S/C15H15BrN2O2/c16-11-5-10-12(17-15(20)14(10)19)6-13(11)18(9-3-4-9)7-8-1-2-8/h5-6,8-9H,1-4,7H2,(H,17,19,20). The number of amides is 1. The molecule has 1 aliphatic heterocycles. The predicted octanol–water partition coefficient (Wildman–Crippen LogP) is 2.96. The topological polar surface area (TPSA) is 49.4 Å². The van der Waals surface area contributed by atoms with Crippen LogP contribution in [0.3, 0.4) is 0 Å². The molecule has 104 valence electrons. The van der Waals surface area contributed by atoms with Gasteiger partial charge in [-0.1, -0.05) is 0 Å². The zero-order chi connectivity index (χ0) is 13.9. The number of Topliss-reactive ketones (excluding diaryl/α,β-unsaturated/α-hetero) is 1. The van der Waals surface area contributed by atoms with Crippen LogP contribution in [0.15, 0.2) is 16.6 Å². The minimum atomic E-state index is -0.524. The molecule has 0 bridgehead atoms. The molecule has 2 fully saturated rings. The van der Waals surface area contributed by atoms with Crippen LogP contribution >= 0.6 is 15.9 Å². The molecule has 2 aliphatic carbocycles. The largest absolute Gasteiger partial charge is 0.367 e. The van der Waals surface area contributed by atoms with Crippen molar-refractivity contribution in [3.63, 3.8) is 0 Å². The average molecular weight is 335 g/mol. The second-order valence-corrected chi connectivity index (χ2v) is 6.81. The number of nitrogens with zero attached hydrogens (tertiary/aromatic N) is 1. The van der Waals surface area contributed by atoms with Crippen LogP contribution in [0.25, 0.3) is 0 Å². The predicted molar refractivity (Wildman–Crippen MR) is 80.2 cm³/mol. The van der Waals surface area contributed by atoms with Crippen LogP contribution in [0.4, 0.5) is 11.4 Å². The van der Waals surface area contributed by atoms with E-state index in [0.717, 1.165) is 22.6 Å². The lowest BCUT2D eigenvalue weighted by Crippen LogP contribution is -2.28. The highest BCUT2D eigenvalue weighted by Gasteiger charge is 2.36. The maximum absolute atomic E-state index is 11.7. The molecule has 1 aromatic carbocycles. The summed E-state index contributed by atoms with van der Waals surface area (Å²) in [6.07, 6.45) is 5.12. The third-order valence-corrected chi connectivity index (χ3v) is 4.87. The number of halogens is 1. The van der Waals surface area contributed by atoms with E-state index in [-0.39, 0.29) is 0 Å². The van der Waals surface area contributed by atoms with Gasteiger partial charge in [-0.25, -0.2) is 0 Å². The summed E-state index contributed by atoms with van der Waals surface area (Å²) in [6.45, 7) is 1.09. The summed E-state index contributed by atoms with van der Waals surface area (Å²) in [4.78, 5) is 25.6. The summed E-state index contributed by atoms with van der Waals surface area (Å²) < 4.78 is 0.911. The van der Waals surface area contributed by atoms with Crippen LogP contribution in [0, 0.1) is 5.92 Å². The Labute approximate surface area is 125 Å². The molecule has 0 unspecified atom stereocenters. The van der Waals surface area contributed by atoms with Crippen molar-refractivity contribution in [2.24, 2.45) is 5.92 Å². The van der Waals surface area contributed by atoms with Gasteiger partial charge in [-0.3, -0.25) is 9.59 Å². The van der Waals surface area contributed by atoms with Crippen LogP contribution in [0.5, 0.6) is 0 Å². The van der Waals surface area contributed by atoms with Crippen molar-refractivity contribution >= 4 is 39.0 Å². The Balaban J connectivity index is 1.72. The van der Waals surface area contributed by atoms with E-state index >= 15 is 0 Å². The molecule has 5 heteroatoms. The van der Waals surface area contributed by atoms with Crippen molar-refractivity contribution in [3.8, 4) is 0 Å². The van der Waals surface area contributed by atoms with Gasteiger partial charge in [-0.05, 0) is 59.7 Å². The highest BCUT2D eigenvalue weighted by Crippen LogP contribution is 2.42. The minimum absolute atomic E-state index is 0.438. The van der Waals surface area contributed by atoms with E-state index in [0.29, 0.717) is 17.3 Å². The van der Waals surface area contributed by atoms with Crippen LogP contribution in [0.2, 0.25) is 0 Å². The number of carbonyl (C=O) groups excluding carboxylic acids is 2. The number of rotatable bonds is 4. The van der Waals surface area contributed by atoms with Gasteiger partial charge in [0.05, 0.1) is 16.9 Å². The molecule has 1 aromatic rings. The third-order valence-electron chi connectivity index (χ3n) is 4.23. The molecular weight excluding hydrogens is 320 g/mol. The zero-order valence-corrected chi connectivity index (χ0v) is 12.6. The Kier molecular flexibility index (Phi) is 2.67. The molecule has 0 aromatic heterocycles. The van der Waals surface area contributed by atoms with Gasteiger partial charge in [0.1, 0.15) is 0 Å². The SMILES string of the molecule is O=C1Nc2cc(N(CC3CC3)C3CC3)c(Br)cc2C1=O. The fraction of sp³-hybridized carbons (Fsp3) is 0.467. The summed E-state index contributed by atoms with van der Waals surface area (Å²) in [5.74, 6) is -0.149. The zero-order valence-electron chi connectivity index (χ0n) is 11.0. The van der Waals surface area contributed by atoms with E-state index in [9.17, 15) is 9.59 Å². The molecule has 1 heterocycles. The first-order valence-corrected chi connectivity index (χ1v) is 7.88. The smallest absolute Gasteiger partial charge is 0.296 e. The van der Waals surface area contributed by atoms with Crippen LogP contribution in [0.1, 0.15) is 36.0 Å². The number of ketones is 1. The van der Waals surface area contributed by atoms with Crippen molar-refractivity contribution in [2.45, 2.75) is 31.7 Å². The number of carbonyl (C=O) groups is 2. The molecule has 1 amide bonds. The number of benzene rings is 1. The van der Waals surface area contributed by atoms with E-state index in [1.807, 2.05) is 6.07 Å². The van der Waals surface area contributed by atoms with Gasteiger partial charge in [-0.15, -0.1) is 0 Å². The lowest BCUT2D eigenvalue weighted by atomic mass is 10.1. The molecule has 0 saturated heterocycles. The molecule has 4 nitrogen and oxygen atoms in total. The Bertz CT molecular complexity index is 621. The number of hydrogen-bond acceptors (Lipinski definition) is 3. The molecule has 0 atom stereocenters. The average Bonchev–Trinajstić information content (AvgIpc) is 3.30. The lowest BCUT2D eigenvalue weighted by molar-refractivity contribution is -0.112. The van der Waals surface area contributed by atoms with Gasteiger partial charge < -0.3 is 10.2 Å². The maximum atomic E-state index is 11.7. The monoisotopic (exact) mass is 334 g/mol. The highest BCUT2D eigenvalue weighted by atomic mass is 79.9. The summed E-state index contributed by atoms with van der Waals surface area (Å²) in [5.41, 5.74) is 2.24. The molecule has 2 saturated carbocycles. The van der Waals surface area contributed by atoms with Gasteiger partial charge in [0, 0.05) is 17.1 Å². The van der Waals surface area contributed by atoms with E-state index in [1.54, 1.807) is 6.07 Å². The van der Waals surface area contributed by atoms with Crippen LogP contribution in [-0.2, 0) is 4.79 Å². The highest BCUT2D eigenvalue weighted by molar-refractivity contribution is 9.10. The molecule has 3 aliphatic rings. The Morgan fingerprint density at radius 2 is 1.95 bits per heavy atom. The Hall–Kier alpha value is -1.36. The van der Waals surface area contributed by atoms with Crippen LogP contribution in [-0.4, -0.2) is 24.3 Å². The number of nitrogens with one attached hydrogen (secondary N) is 1. The van der Waals surface area contributed by atoms with Crippen molar-refractivity contribution < 1.29 is 9.59 Å². The van der Waals surface area contributed by atoms with Crippen molar-refractivity contribution in [3.05, 3.63) is 22.2 Å². The fourth-order valence-corrected chi connectivity index (χ4v) is 3.35. The first-order valence-electron chi connectivity index (χ1n) is 7.09. The van der Waals surface area contributed by atoms with E-state index < -0.39 is 11.7 Å². The summed E-state index contributed by atoms with van der Waals surface area (Å²) in [7, 11) is 0. The first kappa shape index (κ1) is 12.4. The number of anilines is 2. The van der Waals surface area contributed by atoms with E-state index in [1.165, 1.54) is 25.7 Å². The van der Waals surface area contributed by atoms with Crippen LogP contribution < -0.4 is 10.2 Å². The molecule has 1 N–H and O–H groups in total. The molecule has 0 radical (unpaired) electrons. The van der Waals surface area contributed by atoms with Gasteiger partial charge >= 0.3 is 0 Å². The van der Waals surface area contributed by atoms with Gasteiger partial charge in [0.2, 0.25) is 0 Å². The quantitative estimate of drug-likeness (QED) is 0.861. The maximum Gasteiger partial charge on any atom is 0.296 e. The second-order valence-electron chi connectivity index (χ2n) is 5.96. The van der Waals surface area contributed by atoms with Crippen molar-refractivity contribution in [1.29, 1.82) is 0 Å². The molecular formula is C15H15BrN2O2. The van der Waals surface area contributed by atoms with E-state index in [4.69, 9.17) is 0 Å². The van der Waals surface area contributed by atoms with Crippen molar-refractivity contribution in [2.75, 3.05) is 16.8 Å². The molecule has 0 spiro atoms. The second kappa shape index (κ2) is 4.32. The number of fused-ring (bicyclic) bond motifs is 1. The van der Waals surface area contributed by atoms with E-state index in [2.05, 4.69) is 26.1 Å². The first-order chi connectivity index (χ1) is 9.63.